The zero-order chi connectivity index (χ0) is 15.5. The van der Waals surface area contributed by atoms with Crippen molar-refractivity contribution in [2.24, 2.45) is 0 Å². The second-order valence-corrected chi connectivity index (χ2v) is 5.11. The van der Waals surface area contributed by atoms with Crippen molar-refractivity contribution in [3.05, 3.63) is 11.3 Å². The molecular formula is C15H28N4O2. The molecule has 0 aliphatic carbocycles. The van der Waals surface area contributed by atoms with Crippen molar-refractivity contribution in [1.29, 1.82) is 0 Å². The summed E-state index contributed by atoms with van der Waals surface area (Å²) in [5, 5.41) is 14.9. The van der Waals surface area contributed by atoms with Crippen molar-refractivity contribution in [2.45, 2.75) is 58.8 Å². The molecule has 0 aliphatic rings. The molecule has 0 radical (unpaired) electrons. The molecule has 1 aromatic heterocycles. The number of hydrogen-bond donors (Lipinski definition) is 2. The Morgan fingerprint density at radius 2 is 1.86 bits per heavy atom. The van der Waals surface area contributed by atoms with E-state index in [0.29, 0.717) is 23.0 Å². The zero-order valence-electron chi connectivity index (χ0n) is 13.2. The number of nitrogens with two attached hydrogens (primary N) is 1. The predicted molar refractivity (Wildman–Crippen MR) is 85.3 cm³/mol. The Hall–Kier alpha value is -1.72. The van der Waals surface area contributed by atoms with Crippen LogP contribution in [-0.4, -0.2) is 18.1 Å². The second-order valence-electron chi connectivity index (χ2n) is 5.11. The SMILES string of the molecule is CCCCCCCCCNc1cc(OCC)nc(N)[n+]1[O-]. The van der Waals surface area contributed by atoms with Gasteiger partial charge in [-0.25, -0.2) is 4.73 Å². The van der Waals surface area contributed by atoms with Crippen LogP contribution in [0.4, 0.5) is 11.8 Å². The van der Waals surface area contributed by atoms with Crippen LogP contribution in [0.3, 0.4) is 0 Å². The Bertz CT molecular complexity index is 413. The highest BCUT2D eigenvalue weighted by atomic mass is 16.5. The van der Waals surface area contributed by atoms with Gasteiger partial charge in [-0.2, -0.15) is 0 Å². The maximum Gasteiger partial charge on any atom is 0.347 e. The lowest BCUT2D eigenvalue weighted by Gasteiger charge is -2.14. The van der Waals surface area contributed by atoms with Gasteiger partial charge in [0.2, 0.25) is 5.82 Å². The van der Waals surface area contributed by atoms with Gasteiger partial charge in [0.15, 0.2) is 0 Å². The van der Waals surface area contributed by atoms with Gasteiger partial charge < -0.3 is 21.0 Å². The monoisotopic (exact) mass is 296 g/mol. The third kappa shape index (κ3) is 6.51. The lowest BCUT2D eigenvalue weighted by atomic mass is 10.1. The molecule has 120 valence electrons. The quantitative estimate of drug-likeness (QED) is 0.372. The molecule has 0 saturated carbocycles. The molecular weight excluding hydrogens is 268 g/mol. The molecule has 3 N–H and O–H groups in total. The van der Waals surface area contributed by atoms with Gasteiger partial charge in [0.25, 0.3) is 5.88 Å². The third-order valence-electron chi connectivity index (χ3n) is 3.29. The zero-order valence-corrected chi connectivity index (χ0v) is 13.2. The van der Waals surface area contributed by atoms with Crippen LogP contribution in [0.15, 0.2) is 6.07 Å². The van der Waals surface area contributed by atoms with Crippen LogP contribution in [0, 0.1) is 5.21 Å². The Labute approximate surface area is 127 Å². The Kier molecular flexibility index (Phi) is 8.31. The van der Waals surface area contributed by atoms with E-state index in [2.05, 4.69) is 17.2 Å². The van der Waals surface area contributed by atoms with Crippen LogP contribution < -0.4 is 20.5 Å². The van der Waals surface area contributed by atoms with Crippen LogP contribution in [0.1, 0.15) is 58.8 Å². The van der Waals surface area contributed by atoms with Crippen molar-refractivity contribution < 1.29 is 9.47 Å². The van der Waals surface area contributed by atoms with Gasteiger partial charge in [0, 0.05) is 6.54 Å². The number of nitrogens with zero attached hydrogens (tertiary/aromatic N) is 2. The summed E-state index contributed by atoms with van der Waals surface area (Å²) in [5.74, 6) is 0.684. The molecule has 0 spiro atoms. The highest BCUT2D eigenvalue weighted by molar-refractivity contribution is 5.36. The molecule has 0 bridgehead atoms. The normalized spacial score (nSPS) is 10.6. The number of unbranched alkanes of at least 4 members (excludes halogenated alkanes) is 6. The average molecular weight is 296 g/mol. The smallest absolute Gasteiger partial charge is 0.347 e. The molecule has 1 heterocycles. The van der Waals surface area contributed by atoms with Crippen molar-refractivity contribution >= 4 is 11.8 Å². The van der Waals surface area contributed by atoms with E-state index in [9.17, 15) is 5.21 Å². The van der Waals surface area contributed by atoms with Gasteiger partial charge in [0.05, 0.1) is 12.7 Å². The topological polar surface area (TPSA) is 87.1 Å². The highest BCUT2D eigenvalue weighted by Crippen LogP contribution is 2.13. The molecule has 1 rings (SSSR count). The number of nitrogen functional groups attached to an aromatic ring is 1. The minimum absolute atomic E-state index is 0.0944. The van der Waals surface area contributed by atoms with E-state index < -0.39 is 0 Å². The summed E-state index contributed by atoms with van der Waals surface area (Å²) in [5.41, 5.74) is 5.57. The molecule has 1 aromatic rings. The Morgan fingerprint density at radius 3 is 2.52 bits per heavy atom. The molecule has 6 heteroatoms. The molecule has 6 nitrogen and oxygen atoms in total. The molecule has 0 atom stereocenters. The summed E-state index contributed by atoms with van der Waals surface area (Å²) in [6, 6.07) is 1.59. The van der Waals surface area contributed by atoms with Crippen molar-refractivity contribution in [3.8, 4) is 5.88 Å². The van der Waals surface area contributed by atoms with Crippen LogP contribution >= 0.6 is 0 Å². The molecule has 0 aliphatic heterocycles. The second kappa shape index (κ2) is 10.1. The van der Waals surface area contributed by atoms with E-state index in [1.807, 2.05) is 6.92 Å². The van der Waals surface area contributed by atoms with Crippen molar-refractivity contribution in [3.63, 3.8) is 0 Å². The minimum Gasteiger partial charge on any atom is -0.754 e. The molecule has 0 aromatic carbocycles. The number of anilines is 2. The van der Waals surface area contributed by atoms with Crippen LogP contribution in [0.5, 0.6) is 5.88 Å². The van der Waals surface area contributed by atoms with E-state index in [0.717, 1.165) is 13.0 Å². The van der Waals surface area contributed by atoms with E-state index >= 15 is 0 Å². The van der Waals surface area contributed by atoms with Gasteiger partial charge in [-0.05, 0) is 13.3 Å². The fourth-order valence-corrected chi connectivity index (χ4v) is 2.13. The van der Waals surface area contributed by atoms with Gasteiger partial charge in [-0.15, -0.1) is 0 Å². The summed E-state index contributed by atoms with van der Waals surface area (Å²) in [7, 11) is 0. The first kappa shape index (κ1) is 17.3. The van der Waals surface area contributed by atoms with Crippen LogP contribution in [-0.2, 0) is 0 Å². The van der Waals surface area contributed by atoms with Gasteiger partial charge in [-0.3, -0.25) is 0 Å². The number of aromatic nitrogens is 2. The van der Waals surface area contributed by atoms with E-state index in [4.69, 9.17) is 10.5 Å². The molecule has 0 saturated heterocycles. The molecule has 0 amide bonds. The third-order valence-corrected chi connectivity index (χ3v) is 3.29. The lowest BCUT2D eigenvalue weighted by Crippen LogP contribution is -2.36. The first-order valence-corrected chi connectivity index (χ1v) is 7.95. The summed E-state index contributed by atoms with van der Waals surface area (Å²) in [4.78, 5) is 3.88. The Morgan fingerprint density at radius 1 is 1.19 bits per heavy atom. The van der Waals surface area contributed by atoms with Crippen molar-refractivity contribution in [1.82, 2.24) is 4.98 Å². The van der Waals surface area contributed by atoms with Crippen molar-refractivity contribution in [2.75, 3.05) is 24.2 Å². The largest absolute Gasteiger partial charge is 0.754 e. The number of hydrogen-bond acceptors (Lipinski definition) is 5. The predicted octanol–water partition coefficient (Wildman–Crippen LogP) is 2.86. The van der Waals surface area contributed by atoms with Gasteiger partial charge >= 0.3 is 5.95 Å². The van der Waals surface area contributed by atoms with E-state index in [1.165, 1.54) is 38.5 Å². The van der Waals surface area contributed by atoms with E-state index in [1.54, 1.807) is 6.07 Å². The molecule has 0 unspecified atom stereocenters. The summed E-state index contributed by atoms with van der Waals surface area (Å²) < 4.78 is 5.88. The fourth-order valence-electron chi connectivity index (χ4n) is 2.13. The standard InChI is InChI=1S/C15H28N4O2/c1-3-5-6-7-8-9-10-11-17-13-12-14(21-4-2)18-15(16)19(13)20/h12,17H,3-11H2,1-2H3,(H2,16,18). The van der Waals surface area contributed by atoms with E-state index in [-0.39, 0.29) is 5.95 Å². The summed E-state index contributed by atoms with van der Waals surface area (Å²) in [6.07, 6.45) is 8.69. The molecule has 0 fully saturated rings. The number of nitrogens with one attached hydrogen (secondary N) is 1. The maximum absolute atomic E-state index is 11.8. The first-order chi connectivity index (χ1) is 10.2. The Balaban J connectivity index is 2.31. The highest BCUT2D eigenvalue weighted by Gasteiger charge is 2.10. The minimum atomic E-state index is -0.0944. The average Bonchev–Trinajstić information content (AvgIpc) is 2.47. The van der Waals surface area contributed by atoms with Gasteiger partial charge in [0.1, 0.15) is 0 Å². The summed E-state index contributed by atoms with van der Waals surface area (Å²) in [6.45, 7) is 5.33. The summed E-state index contributed by atoms with van der Waals surface area (Å²) >= 11 is 0. The van der Waals surface area contributed by atoms with Gasteiger partial charge in [-0.1, -0.05) is 50.4 Å². The number of ether oxygens (including phenoxy) is 1. The number of rotatable bonds is 11. The lowest BCUT2D eigenvalue weighted by molar-refractivity contribution is -0.577. The van der Waals surface area contributed by atoms with Crippen LogP contribution in [0.2, 0.25) is 0 Å². The maximum atomic E-state index is 11.8. The fraction of sp³-hybridized carbons (Fsp3) is 0.733. The van der Waals surface area contributed by atoms with Crippen LogP contribution in [0.25, 0.3) is 0 Å². The first-order valence-electron chi connectivity index (χ1n) is 7.95. The molecule has 21 heavy (non-hydrogen) atoms.